The van der Waals surface area contributed by atoms with Crippen LogP contribution < -0.4 is 0 Å². The van der Waals surface area contributed by atoms with Crippen molar-refractivity contribution in [3.05, 3.63) is 16.7 Å². The molecule has 3 fully saturated rings. The number of nitroso groups, excluding NO2 is 1. The Morgan fingerprint density at radius 1 is 1.00 bits per heavy atom. The predicted octanol–water partition coefficient (Wildman–Crippen LogP) is 5.68. The van der Waals surface area contributed by atoms with Crippen LogP contribution in [0.3, 0.4) is 0 Å². The molecule has 0 bridgehead atoms. The number of hydrogen-bond acceptors (Lipinski definition) is 2. The summed E-state index contributed by atoms with van der Waals surface area (Å²) in [7, 11) is 0. The molecule has 0 amide bonds. The Labute approximate surface area is 128 Å². The minimum atomic E-state index is 0.445. The standard InChI is InChI=1S/C19H29NO/c1-18-9-5-7-14(18)17-15(8-11-18)19(2)10-4-3-6-13(19)12-16(17)20-21/h12-15,17H,3-11H2,1-2H3/t13?,14-,15+,17-,18-,19-/m0/s1. The van der Waals surface area contributed by atoms with Gasteiger partial charge in [0.2, 0.25) is 0 Å². The number of fused-ring (bicyclic) bond motifs is 5. The van der Waals surface area contributed by atoms with Crippen molar-refractivity contribution in [1.82, 2.24) is 0 Å². The lowest BCUT2D eigenvalue weighted by atomic mass is 9.47. The molecule has 0 aromatic carbocycles. The van der Waals surface area contributed by atoms with E-state index in [4.69, 9.17) is 0 Å². The smallest absolute Gasteiger partial charge is 0.0849 e. The van der Waals surface area contributed by atoms with E-state index in [1.54, 1.807) is 0 Å². The summed E-state index contributed by atoms with van der Waals surface area (Å²) >= 11 is 0. The van der Waals surface area contributed by atoms with Gasteiger partial charge in [0.1, 0.15) is 0 Å². The molecule has 1 unspecified atom stereocenters. The highest BCUT2D eigenvalue weighted by atomic mass is 16.3. The third-order valence-electron chi connectivity index (χ3n) is 8.05. The quantitative estimate of drug-likeness (QED) is 0.570. The zero-order valence-corrected chi connectivity index (χ0v) is 13.6. The van der Waals surface area contributed by atoms with E-state index in [0.717, 1.165) is 17.5 Å². The van der Waals surface area contributed by atoms with Crippen molar-refractivity contribution in [1.29, 1.82) is 0 Å². The van der Waals surface area contributed by atoms with Gasteiger partial charge in [-0.3, -0.25) is 0 Å². The molecule has 4 aliphatic carbocycles. The monoisotopic (exact) mass is 287 g/mol. The van der Waals surface area contributed by atoms with Gasteiger partial charge in [-0.1, -0.05) is 39.2 Å². The van der Waals surface area contributed by atoms with Gasteiger partial charge in [0.05, 0.1) is 5.70 Å². The van der Waals surface area contributed by atoms with Crippen molar-refractivity contribution in [2.75, 3.05) is 0 Å². The summed E-state index contributed by atoms with van der Waals surface area (Å²) in [5, 5.41) is 3.56. The van der Waals surface area contributed by atoms with Crippen LogP contribution in [0, 0.1) is 39.4 Å². The van der Waals surface area contributed by atoms with Crippen LogP contribution >= 0.6 is 0 Å². The van der Waals surface area contributed by atoms with Crippen LogP contribution in [0.2, 0.25) is 0 Å². The third-order valence-corrected chi connectivity index (χ3v) is 8.05. The fourth-order valence-corrected chi connectivity index (χ4v) is 6.81. The Hall–Kier alpha value is -0.660. The van der Waals surface area contributed by atoms with Crippen molar-refractivity contribution < 1.29 is 0 Å². The lowest BCUT2D eigenvalue weighted by Crippen LogP contribution is -2.51. The molecule has 21 heavy (non-hydrogen) atoms. The Morgan fingerprint density at radius 3 is 2.67 bits per heavy atom. The molecule has 0 N–H and O–H groups in total. The maximum atomic E-state index is 11.6. The number of rotatable bonds is 1. The van der Waals surface area contributed by atoms with Gasteiger partial charge < -0.3 is 0 Å². The Kier molecular flexibility index (Phi) is 3.10. The molecule has 6 atom stereocenters. The van der Waals surface area contributed by atoms with Crippen LogP contribution in [0.4, 0.5) is 0 Å². The van der Waals surface area contributed by atoms with E-state index >= 15 is 0 Å². The first-order valence-electron chi connectivity index (χ1n) is 9.13. The second-order valence-electron chi connectivity index (χ2n) is 8.86. The highest BCUT2D eigenvalue weighted by Crippen LogP contribution is 2.66. The summed E-state index contributed by atoms with van der Waals surface area (Å²) < 4.78 is 0. The third kappa shape index (κ3) is 1.83. The van der Waals surface area contributed by atoms with Crippen molar-refractivity contribution in [2.24, 2.45) is 39.7 Å². The number of hydrogen-bond donors (Lipinski definition) is 0. The van der Waals surface area contributed by atoms with Gasteiger partial charge in [-0.15, -0.1) is 4.91 Å². The van der Waals surface area contributed by atoms with Crippen LogP contribution in [-0.2, 0) is 0 Å². The molecule has 0 heterocycles. The number of allylic oxidation sites excluding steroid dienone is 2. The molecule has 0 radical (unpaired) electrons. The summed E-state index contributed by atoms with van der Waals surface area (Å²) in [4.78, 5) is 11.6. The topological polar surface area (TPSA) is 29.4 Å². The van der Waals surface area contributed by atoms with Crippen molar-refractivity contribution in [3.8, 4) is 0 Å². The lowest BCUT2D eigenvalue weighted by molar-refractivity contribution is -0.0529. The molecular weight excluding hydrogens is 258 g/mol. The molecule has 0 aromatic rings. The SMILES string of the molecule is C[C@@]12CCC[C@H]1[C@@H]1C(N=O)=CC3CCCC[C@]3(C)[C@@H]1CC2. The van der Waals surface area contributed by atoms with E-state index in [0.29, 0.717) is 22.7 Å². The summed E-state index contributed by atoms with van der Waals surface area (Å²) in [5.74, 6) is 2.53. The first kappa shape index (κ1) is 14.0. The van der Waals surface area contributed by atoms with E-state index in [9.17, 15) is 4.91 Å². The molecule has 0 aliphatic heterocycles. The minimum absolute atomic E-state index is 0.445. The number of nitrogens with zero attached hydrogens (tertiary/aromatic N) is 1. The van der Waals surface area contributed by atoms with E-state index in [1.807, 2.05) is 0 Å². The Bertz CT molecular complexity index is 484. The van der Waals surface area contributed by atoms with Crippen LogP contribution in [0.25, 0.3) is 0 Å². The molecule has 0 aromatic heterocycles. The highest BCUT2D eigenvalue weighted by molar-refractivity contribution is 5.23. The summed E-state index contributed by atoms with van der Waals surface area (Å²) in [5.41, 5.74) is 1.88. The van der Waals surface area contributed by atoms with E-state index < -0.39 is 0 Å². The maximum Gasteiger partial charge on any atom is 0.0849 e. The summed E-state index contributed by atoms with van der Waals surface area (Å²) in [6.45, 7) is 5.02. The lowest BCUT2D eigenvalue weighted by Gasteiger charge is -2.58. The summed E-state index contributed by atoms with van der Waals surface area (Å²) in [6, 6.07) is 0. The van der Waals surface area contributed by atoms with Gasteiger partial charge in [0, 0.05) is 5.92 Å². The molecule has 3 saturated carbocycles. The van der Waals surface area contributed by atoms with Gasteiger partial charge >= 0.3 is 0 Å². The average molecular weight is 287 g/mol. The van der Waals surface area contributed by atoms with Crippen molar-refractivity contribution >= 4 is 0 Å². The molecule has 2 heteroatoms. The van der Waals surface area contributed by atoms with E-state index in [1.165, 1.54) is 57.8 Å². The molecule has 4 aliphatic rings. The van der Waals surface area contributed by atoms with Crippen molar-refractivity contribution in [3.63, 3.8) is 0 Å². The van der Waals surface area contributed by atoms with Crippen LogP contribution in [0.15, 0.2) is 16.9 Å². The Balaban J connectivity index is 1.78. The van der Waals surface area contributed by atoms with E-state index in [2.05, 4.69) is 25.1 Å². The Morgan fingerprint density at radius 2 is 1.86 bits per heavy atom. The first-order chi connectivity index (χ1) is 10.1. The maximum absolute atomic E-state index is 11.6. The van der Waals surface area contributed by atoms with E-state index in [-0.39, 0.29) is 0 Å². The summed E-state index contributed by atoms with van der Waals surface area (Å²) in [6.07, 6.45) is 14.4. The molecule has 0 spiro atoms. The zero-order chi connectivity index (χ0) is 14.7. The second kappa shape index (κ2) is 4.67. The average Bonchev–Trinajstić information content (AvgIpc) is 2.87. The fourth-order valence-electron chi connectivity index (χ4n) is 6.81. The van der Waals surface area contributed by atoms with Gasteiger partial charge in [0.25, 0.3) is 0 Å². The first-order valence-corrected chi connectivity index (χ1v) is 9.13. The van der Waals surface area contributed by atoms with Crippen LogP contribution in [0.5, 0.6) is 0 Å². The van der Waals surface area contributed by atoms with Gasteiger partial charge in [-0.2, -0.15) is 0 Å². The molecular formula is C19H29NO. The largest absolute Gasteiger partial charge is 0.145 e. The second-order valence-corrected chi connectivity index (χ2v) is 8.86. The minimum Gasteiger partial charge on any atom is -0.145 e. The zero-order valence-electron chi connectivity index (χ0n) is 13.6. The molecule has 2 nitrogen and oxygen atoms in total. The molecule has 0 saturated heterocycles. The molecule has 4 rings (SSSR count). The highest BCUT2D eigenvalue weighted by Gasteiger charge is 2.58. The normalized spacial score (nSPS) is 52.4. The fraction of sp³-hybridized carbons (Fsp3) is 0.895. The van der Waals surface area contributed by atoms with Gasteiger partial charge in [-0.05, 0) is 72.3 Å². The van der Waals surface area contributed by atoms with Gasteiger partial charge in [0.15, 0.2) is 0 Å². The van der Waals surface area contributed by atoms with Gasteiger partial charge in [-0.25, -0.2) is 0 Å². The molecule has 116 valence electrons. The van der Waals surface area contributed by atoms with Crippen LogP contribution in [0.1, 0.15) is 71.6 Å². The van der Waals surface area contributed by atoms with Crippen LogP contribution in [-0.4, -0.2) is 0 Å². The van der Waals surface area contributed by atoms with Crippen molar-refractivity contribution in [2.45, 2.75) is 71.6 Å². The predicted molar refractivity (Wildman–Crippen MR) is 85.6 cm³/mol.